The molecule has 1 atom stereocenters. The fourth-order valence-electron chi connectivity index (χ4n) is 5.34. The van der Waals surface area contributed by atoms with Crippen molar-refractivity contribution in [1.82, 2.24) is 19.2 Å². The molecular formula is C28H27N5O4S. The summed E-state index contributed by atoms with van der Waals surface area (Å²) in [5.74, 6) is -0.322. The van der Waals surface area contributed by atoms with Crippen molar-refractivity contribution >= 4 is 32.8 Å². The summed E-state index contributed by atoms with van der Waals surface area (Å²) in [4.78, 5) is 24.2. The Morgan fingerprint density at radius 2 is 1.71 bits per heavy atom. The molecule has 2 aliphatic heterocycles. The zero-order valence-corrected chi connectivity index (χ0v) is 21.4. The van der Waals surface area contributed by atoms with E-state index in [0.717, 1.165) is 11.1 Å². The third kappa shape index (κ3) is 4.20. The fourth-order valence-corrected chi connectivity index (χ4v) is 7.08. The van der Waals surface area contributed by atoms with E-state index in [1.165, 1.54) is 4.31 Å². The van der Waals surface area contributed by atoms with Crippen LogP contribution in [0.5, 0.6) is 0 Å². The number of amides is 1. The van der Waals surface area contributed by atoms with Crippen molar-refractivity contribution in [2.24, 2.45) is 5.92 Å². The van der Waals surface area contributed by atoms with Gasteiger partial charge in [0.25, 0.3) is 5.91 Å². The zero-order valence-electron chi connectivity index (χ0n) is 20.6. The van der Waals surface area contributed by atoms with E-state index in [0.29, 0.717) is 48.1 Å². The molecule has 1 amide bonds. The number of nitrogens with two attached hydrogens (primary N) is 1. The number of carbonyl (C=O) groups is 1. The SMILES string of the molecule is Nc1nc(C(=O)N2Cc3ccccc3C2)c2cc(-c3ccccc3S(=O)(=O)N3CCC(CO)C3)ccc2n1. The number of anilines is 1. The summed E-state index contributed by atoms with van der Waals surface area (Å²) in [7, 11) is -3.79. The molecule has 38 heavy (non-hydrogen) atoms. The van der Waals surface area contributed by atoms with Crippen molar-refractivity contribution in [2.75, 3.05) is 25.4 Å². The second kappa shape index (κ2) is 9.46. The molecule has 1 aromatic heterocycles. The molecule has 0 radical (unpaired) electrons. The predicted molar refractivity (Wildman–Crippen MR) is 143 cm³/mol. The Morgan fingerprint density at radius 1 is 1.00 bits per heavy atom. The molecule has 0 aliphatic carbocycles. The minimum atomic E-state index is -3.79. The lowest BCUT2D eigenvalue weighted by atomic mass is 10.0. The molecule has 1 fully saturated rings. The standard InChI is InChI=1S/C28H27N5O4S/c29-28-30-24-10-9-19(22-7-3-4-8-25(22)38(36,37)33-12-11-18(14-33)17-34)13-23(24)26(31-28)27(35)32-15-20-5-1-2-6-21(20)16-32/h1-10,13,18,34H,11-12,14-17H2,(H2,29,30,31). The van der Waals surface area contributed by atoms with Gasteiger partial charge >= 0.3 is 0 Å². The maximum absolute atomic E-state index is 13.6. The van der Waals surface area contributed by atoms with Gasteiger partial charge in [-0.1, -0.05) is 48.5 Å². The maximum Gasteiger partial charge on any atom is 0.273 e. The van der Waals surface area contributed by atoms with Crippen molar-refractivity contribution in [3.8, 4) is 11.1 Å². The number of carbonyl (C=O) groups excluding carboxylic acids is 1. The Bertz CT molecular complexity index is 1650. The van der Waals surface area contributed by atoms with Crippen molar-refractivity contribution in [3.05, 3.63) is 83.6 Å². The molecule has 9 nitrogen and oxygen atoms in total. The van der Waals surface area contributed by atoms with Gasteiger partial charge in [-0.2, -0.15) is 4.31 Å². The molecule has 4 aromatic rings. The van der Waals surface area contributed by atoms with Crippen LogP contribution >= 0.6 is 0 Å². The van der Waals surface area contributed by atoms with Gasteiger partial charge in [-0.05, 0) is 47.2 Å². The topological polar surface area (TPSA) is 130 Å². The first-order valence-electron chi connectivity index (χ1n) is 12.5. The fraction of sp³-hybridized carbons (Fsp3) is 0.250. The van der Waals surface area contributed by atoms with E-state index in [1.807, 2.05) is 24.3 Å². The third-order valence-corrected chi connectivity index (χ3v) is 9.29. The summed E-state index contributed by atoms with van der Waals surface area (Å²) < 4.78 is 28.6. The number of rotatable bonds is 5. The highest BCUT2D eigenvalue weighted by molar-refractivity contribution is 7.89. The molecule has 0 bridgehead atoms. The van der Waals surface area contributed by atoms with Crippen LogP contribution in [0.25, 0.3) is 22.0 Å². The lowest BCUT2D eigenvalue weighted by molar-refractivity contribution is 0.0747. The summed E-state index contributed by atoms with van der Waals surface area (Å²) in [5.41, 5.74) is 10.0. The van der Waals surface area contributed by atoms with E-state index < -0.39 is 10.0 Å². The Morgan fingerprint density at radius 3 is 2.42 bits per heavy atom. The molecule has 0 spiro atoms. The van der Waals surface area contributed by atoms with Crippen LogP contribution in [0.2, 0.25) is 0 Å². The van der Waals surface area contributed by atoms with E-state index in [-0.39, 0.29) is 41.5 Å². The van der Waals surface area contributed by atoms with Gasteiger partial charge in [0.05, 0.1) is 10.4 Å². The number of aromatic nitrogens is 2. The number of nitrogen functional groups attached to an aromatic ring is 1. The van der Waals surface area contributed by atoms with Crippen LogP contribution < -0.4 is 5.73 Å². The number of hydrogen-bond acceptors (Lipinski definition) is 7. The van der Waals surface area contributed by atoms with Crippen LogP contribution in [-0.2, 0) is 23.1 Å². The quantitative estimate of drug-likeness (QED) is 0.406. The monoisotopic (exact) mass is 529 g/mol. The van der Waals surface area contributed by atoms with Crippen LogP contribution in [-0.4, -0.2) is 58.3 Å². The third-order valence-electron chi connectivity index (χ3n) is 7.37. The van der Waals surface area contributed by atoms with E-state index in [1.54, 1.807) is 47.4 Å². The molecule has 3 N–H and O–H groups in total. The highest BCUT2D eigenvalue weighted by atomic mass is 32.2. The van der Waals surface area contributed by atoms with Gasteiger partial charge in [0, 0.05) is 43.7 Å². The number of fused-ring (bicyclic) bond motifs is 2. The first-order chi connectivity index (χ1) is 18.3. The molecule has 0 saturated carbocycles. The number of nitrogens with zero attached hydrogens (tertiary/aromatic N) is 4. The van der Waals surface area contributed by atoms with Crippen molar-refractivity contribution in [2.45, 2.75) is 24.4 Å². The van der Waals surface area contributed by atoms with Gasteiger partial charge in [0.1, 0.15) is 5.69 Å². The molecule has 6 rings (SSSR count). The van der Waals surface area contributed by atoms with Crippen LogP contribution in [0, 0.1) is 5.92 Å². The van der Waals surface area contributed by atoms with E-state index in [4.69, 9.17) is 5.73 Å². The van der Waals surface area contributed by atoms with Crippen LogP contribution in [0.4, 0.5) is 5.95 Å². The van der Waals surface area contributed by atoms with Crippen LogP contribution in [0.15, 0.2) is 71.6 Å². The molecule has 3 heterocycles. The smallest absolute Gasteiger partial charge is 0.273 e. The Balaban J connectivity index is 1.41. The molecule has 2 aliphatic rings. The molecular weight excluding hydrogens is 502 g/mol. The highest BCUT2D eigenvalue weighted by Gasteiger charge is 2.34. The van der Waals surface area contributed by atoms with Gasteiger partial charge in [-0.25, -0.2) is 18.4 Å². The van der Waals surface area contributed by atoms with Crippen LogP contribution in [0.1, 0.15) is 28.0 Å². The molecule has 3 aromatic carbocycles. The van der Waals surface area contributed by atoms with E-state index in [9.17, 15) is 18.3 Å². The Hall–Kier alpha value is -3.86. The molecule has 1 saturated heterocycles. The van der Waals surface area contributed by atoms with Gasteiger partial charge in [0.2, 0.25) is 16.0 Å². The highest BCUT2D eigenvalue weighted by Crippen LogP contribution is 2.34. The average Bonchev–Trinajstić information content (AvgIpc) is 3.60. The van der Waals surface area contributed by atoms with E-state index in [2.05, 4.69) is 9.97 Å². The summed E-state index contributed by atoms with van der Waals surface area (Å²) in [5, 5.41) is 10.0. The summed E-state index contributed by atoms with van der Waals surface area (Å²) in [6.07, 6.45) is 0.623. The van der Waals surface area contributed by atoms with Gasteiger partial charge in [-0.3, -0.25) is 4.79 Å². The summed E-state index contributed by atoms with van der Waals surface area (Å²) in [6.45, 7) is 1.57. The Kier molecular flexibility index (Phi) is 6.10. The summed E-state index contributed by atoms with van der Waals surface area (Å²) in [6, 6.07) is 20.0. The molecule has 1 unspecified atom stereocenters. The Labute approximate surface area is 220 Å². The van der Waals surface area contributed by atoms with Crippen molar-refractivity contribution < 1.29 is 18.3 Å². The van der Waals surface area contributed by atoms with Gasteiger partial charge in [-0.15, -0.1) is 0 Å². The van der Waals surface area contributed by atoms with Gasteiger partial charge < -0.3 is 15.7 Å². The van der Waals surface area contributed by atoms with Crippen LogP contribution in [0.3, 0.4) is 0 Å². The van der Waals surface area contributed by atoms with E-state index >= 15 is 0 Å². The minimum Gasteiger partial charge on any atom is -0.396 e. The first kappa shape index (κ1) is 24.5. The maximum atomic E-state index is 13.6. The summed E-state index contributed by atoms with van der Waals surface area (Å²) >= 11 is 0. The van der Waals surface area contributed by atoms with Crippen molar-refractivity contribution in [1.29, 1.82) is 0 Å². The number of sulfonamides is 1. The lowest BCUT2D eigenvalue weighted by Crippen LogP contribution is -2.29. The second-order valence-corrected chi connectivity index (χ2v) is 11.7. The van der Waals surface area contributed by atoms with Gasteiger partial charge in [0.15, 0.2) is 0 Å². The first-order valence-corrected chi connectivity index (χ1v) is 13.9. The van der Waals surface area contributed by atoms with Crippen molar-refractivity contribution in [3.63, 3.8) is 0 Å². The largest absolute Gasteiger partial charge is 0.396 e. The molecule has 10 heteroatoms. The zero-order chi connectivity index (χ0) is 26.4. The normalized spacial score (nSPS) is 17.7. The second-order valence-electron chi connectivity index (χ2n) is 9.79. The average molecular weight is 530 g/mol. The number of hydrogen-bond donors (Lipinski definition) is 2. The number of benzene rings is 3. The molecule has 194 valence electrons. The number of aliphatic hydroxyl groups is 1. The predicted octanol–water partition coefficient (Wildman–Crippen LogP) is 3.04. The number of aliphatic hydroxyl groups excluding tert-OH is 1. The minimum absolute atomic E-state index is 0.000704. The lowest BCUT2D eigenvalue weighted by Gasteiger charge is -2.19.